The highest BCUT2D eigenvalue weighted by atomic mass is 16.2. The second-order valence-electron chi connectivity index (χ2n) is 5.09. The van der Waals surface area contributed by atoms with Crippen molar-refractivity contribution in [1.82, 2.24) is 25.3 Å². The zero-order valence-electron chi connectivity index (χ0n) is 11.1. The molecule has 1 aromatic heterocycles. The number of hydrogen-bond donors (Lipinski definition) is 2. The molecule has 3 heterocycles. The molecule has 2 aliphatic heterocycles. The number of aromatic nitrogens is 2. The van der Waals surface area contributed by atoms with E-state index in [0.717, 1.165) is 11.4 Å². The molecular formula is C12H17N5O2. The first-order chi connectivity index (χ1) is 9.08. The van der Waals surface area contributed by atoms with Crippen molar-refractivity contribution in [2.75, 3.05) is 26.2 Å². The molecule has 0 aromatic carbocycles. The van der Waals surface area contributed by atoms with Crippen LogP contribution in [0, 0.1) is 13.8 Å². The van der Waals surface area contributed by atoms with E-state index in [1.54, 1.807) is 4.90 Å². The summed E-state index contributed by atoms with van der Waals surface area (Å²) >= 11 is 0. The highest BCUT2D eigenvalue weighted by molar-refractivity contribution is 5.96. The van der Waals surface area contributed by atoms with Gasteiger partial charge in [-0.15, -0.1) is 0 Å². The number of nitrogens with one attached hydrogen (secondary N) is 2. The van der Waals surface area contributed by atoms with Crippen LogP contribution in [0.5, 0.6) is 0 Å². The summed E-state index contributed by atoms with van der Waals surface area (Å²) in [4.78, 5) is 27.6. The predicted molar refractivity (Wildman–Crippen MR) is 67.9 cm³/mol. The van der Waals surface area contributed by atoms with E-state index >= 15 is 0 Å². The van der Waals surface area contributed by atoms with Gasteiger partial charge in [-0.3, -0.25) is 9.89 Å². The molecule has 0 aliphatic carbocycles. The molecule has 0 spiro atoms. The van der Waals surface area contributed by atoms with Gasteiger partial charge in [-0.2, -0.15) is 5.10 Å². The molecule has 2 saturated heterocycles. The Morgan fingerprint density at radius 3 is 2.84 bits per heavy atom. The zero-order chi connectivity index (χ0) is 13.6. The number of hydrogen-bond acceptors (Lipinski definition) is 3. The van der Waals surface area contributed by atoms with Gasteiger partial charge in [-0.1, -0.05) is 0 Å². The largest absolute Gasteiger partial charge is 0.336 e. The topological polar surface area (TPSA) is 81.3 Å². The number of amides is 3. The first-order valence-electron chi connectivity index (χ1n) is 6.43. The number of H-pyrrole nitrogens is 1. The molecule has 7 heteroatoms. The summed E-state index contributed by atoms with van der Waals surface area (Å²) in [5.74, 6) is 0.00255. The lowest BCUT2D eigenvalue weighted by Gasteiger charge is -2.36. The number of urea groups is 1. The van der Waals surface area contributed by atoms with Crippen LogP contribution in [0.15, 0.2) is 0 Å². The molecule has 2 aliphatic rings. The molecule has 0 radical (unpaired) electrons. The van der Waals surface area contributed by atoms with Gasteiger partial charge >= 0.3 is 6.03 Å². The number of carbonyl (C=O) groups excluding carboxylic acids is 2. The van der Waals surface area contributed by atoms with Crippen LogP contribution >= 0.6 is 0 Å². The molecule has 3 rings (SSSR count). The van der Waals surface area contributed by atoms with E-state index in [-0.39, 0.29) is 18.0 Å². The summed E-state index contributed by atoms with van der Waals surface area (Å²) in [5.41, 5.74) is 2.18. The number of fused-ring (bicyclic) bond motifs is 1. The van der Waals surface area contributed by atoms with Crippen molar-refractivity contribution in [2.45, 2.75) is 19.9 Å². The lowest BCUT2D eigenvalue weighted by atomic mass is 10.1. The smallest absolute Gasteiger partial charge is 0.317 e. The van der Waals surface area contributed by atoms with Gasteiger partial charge in [-0.25, -0.2) is 4.79 Å². The van der Waals surface area contributed by atoms with Crippen molar-refractivity contribution < 1.29 is 9.59 Å². The van der Waals surface area contributed by atoms with Crippen LogP contribution in [0.4, 0.5) is 4.79 Å². The summed E-state index contributed by atoms with van der Waals surface area (Å²) in [6, 6.07) is 0.0745. The molecule has 102 valence electrons. The number of aryl methyl sites for hydroxylation is 2. The zero-order valence-corrected chi connectivity index (χ0v) is 11.1. The maximum atomic E-state index is 12.5. The van der Waals surface area contributed by atoms with Crippen LogP contribution in [0.2, 0.25) is 0 Å². The van der Waals surface area contributed by atoms with Gasteiger partial charge in [0.25, 0.3) is 5.91 Å². The van der Waals surface area contributed by atoms with Gasteiger partial charge < -0.3 is 15.1 Å². The average molecular weight is 263 g/mol. The molecule has 1 unspecified atom stereocenters. The summed E-state index contributed by atoms with van der Waals surface area (Å²) in [6.07, 6.45) is 0. The normalized spacial score (nSPS) is 22.4. The van der Waals surface area contributed by atoms with Crippen LogP contribution < -0.4 is 5.32 Å². The maximum Gasteiger partial charge on any atom is 0.317 e. The molecular weight excluding hydrogens is 246 g/mol. The molecule has 0 saturated carbocycles. The third kappa shape index (κ3) is 1.85. The Kier molecular flexibility index (Phi) is 2.69. The van der Waals surface area contributed by atoms with Crippen LogP contribution in [0.1, 0.15) is 21.7 Å². The minimum atomic E-state index is -0.0206. The highest BCUT2D eigenvalue weighted by Crippen LogP contribution is 2.18. The van der Waals surface area contributed by atoms with Crippen molar-refractivity contribution in [1.29, 1.82) is 0 Å². The molecule has 2 fully saturated rings. The fraction of sp³-hybridized carbons (Fsp3) is 0.583. The van der Waals surface area contributed by atoms with E-state index < -0.39 is 0 Å². The molecule has 1 aromatic rings. The monoisotopic (exact) mass is 263 g/mol. The number of piperazine rings is 1. The Labute approximate surface area is 110 Å². The minimum Gasteiger partial charge on any atom is -0.336 e. The molecule has 3 amide bonds. The second-order valence-corrected chi connectivity index (χ2v) is 5.09. The van der Waals surface area contributed by atoms with E-state index in [1.165, 1.54) is 0 Å². The number of aromatic amines is 1. The van der Waals surface area contributed by atoms with E-state index in [2.05, 4.69) is 15.5 Å². The highest BCUT2D eigenvalue weighted by Gasteiger charge is 2.37. The fourth-order valence-corrected chi connectivity index (χ4v) is 2.81. The van der Waals surface area contributed by atoms with E-state index in [9.17, 15) is 9.59 Å². The molecule has 2 N–H and O–H groups in total. The van der Waals surface area contributed by atoms with Gasteiger partial charge in [0.15, 0.2) is 0 Å². The summed E-state index contributed by atoms with van der Waals surface area (Å²) < 4.78 is 0. The lowest BCUT2D eigenvalue weighted by Crippen LogP contribution is -2.53. The van der Waals surface area contributed by atoms with Crippen molar-refractivity contribution >= 4 is 11.9 Å². The maximum absolute atomic E-state index is 12.5. The van der Waals surface area contributed by atoms with Crippen molar-refractivity contribution in [2.24, 2.45) is 0 Å². The van der Waals surface area contributed by atoms with Crippen LogP contribution in [-0.2, 0) is 0 Å². The number of rotatable bonds is 1. The molecule has 19 heavy (non-hydrogen) atoms. The minimum absolute atomic E-state index is 0.00255. The first kappa shape index (κ1) is 12.0. The van der Waals surface area contributed by atoms with Crippen molar-refractivity contribution in [3.8, 4) is 0 Å². The van der Waals surface area contributed by atoms with Gasteiger partial charge in [0.05, 0.1) is 17.3 Å². The molecule has 1 atom stereocenters. The number of carbonyl (C=O) groups is 2. The third-order valence-corrected chi connectivity index (χ3v) is 3.86. The predicted octanol–water partition coefficient (Wildman–Crippen LogP) is -0.124. The van der Waals surface area contributed by atoms with Crippen molar-refractivity contribution in [3.05, 3.63) is 17.0 Å². The Bertz CT molecular complexity index is 519. The number of nitrogens with zero attached hydrogens (tertiary/aromatic N) is 3. The van der Waals surface area contributed by atoms with Gasteiger partial charge in [0.1, 0.15) is 0 Å². The van der Waals surface area contributed by atoms with Gasteiger partial charge in [0.2, 0.25) is 0 Å². The Morgan fingerprint density at radius 2 is 2.16 bits per heavy atom. The summed E-state index contributed by atoms with van der Waals surface area (Å²) in [5, 5.41) is 9.71. The first-order valence-corrected chi connectivity index (χ1v) is 6.43. The molecule has 0 bridgehead atoms. The summed E-state index contributed by atoms with van der Waals surface area (Å²) in [6.45, 7) is 6.05. The van der Waals surface area contributed by atoms with Crippen LogP contribution in [0.25, 0.3) is 0 Å². The Hall–Kier alpha value is -2.05. The quantitative estimate of drug-likeness (QED) is 0.741. The van der Waals surface area contributed by atoms with Gasteiger partial charge in [-0.05, 0) is 13.8 Å². The van der Waals surface area contributed by atoms with E-state index in [0.29, 0.717) is 31.7 Å². The van der Waals surface area contributed by atoms with Gasteiger partial charge in [0, 0.05) is 31.9 Å². The van der Waals surface area contributed by atoms with E-state index in [1.807, 2.05) is 18.7 Å². The van der Waals surface area contributed by atoms with Crippen molar-refractivity contribution in [3.63, 3.8) is 0 Å². The standard InChI is InChI=1S/C12H17N5O2/c1-7-10(8(2)15-14-7)11(18)16-3-4-17-9(6-16)5-13-12(17)19/h9H,3-6H2,1-2H3,(H,13,19)(H,14,15). The third-order valence-electron chi connectivity index (χ3n) is 3.86. The Balaban J connectivity index is 1.78. The molecule has 7 nitrogen and oxygen atoms in total. The second kappa shape index (κ2) is 4.25. The van der Waals surface area contributed by atoms with Crippen LogP contribution in [0.3, 0.4) is 0 Å². The summed E-state index contributed by atoms with van der Waals surface area (Å²) in [7, 11) is 0. The lowest BCUT2D eigenvalue weighted by molar-refractivity contribution is 0.0615. The fourth-order valence-electron chi connectivity index (χ4n) is 2.81. The van der Waals surface area contributed by atoms with E-state index in [4.69, 9.17) is 0 Å². The average Bonchev–Trinajstić information content (AvgIpc) is 2.93. The SMILES string of the molecule is Cc1n[nH]c(C)c1C(=O)N1CCN2C(=O)NCC2C1. The Morgan fingerprint density at radius 1 is 1.37 bits per heavy atom. The van der Waals surface area contributed by atoms with Crippen LogP contribution in [-0.4, -0.2) is 64.2 Å².